The second-order valence-electron chi connectivity index (χ2n) is 5.62. The van der Waals surface area contributed by atoms with Crippen molar-refractivity contribution in [2.45, 2.75) is 38.6 Å². The number of rotatable bonds is 4. The summed E-state index contributed by atoms with van der Waals surface area (Å²) < 4.78 is 0. The molecule has 0 aromatic heterocycles. The van der Waals surface area contributed by atoms with Crippen molar-refractivity contribution in [2.24, 2.45) is 11.8 Å². The lowest BCUT2D eigenvalue weighted by atomic mass is 9.78. The summed E-state index contributed by atoms with van der Waals surface area (Å²) in [6.45, 7) is 1.89. The zero-order valence-corrected chi connectivity index (χ0v) is 12.8. The monoisotopic (exact) mass is 309 g/mol. The average molecular weight is 310 g/mol. The van der Waals surface area contributed by atoms with Gasteiger partial charge >= 0.3 is 5.97 Å². The quantitative estimate of drug-likeness (QED) is 0.895. The molecular weight excluding hydrogens is 290 g/mol. The third-order valence-corrected chi connectivity index (χ3v) is 4.40. The van der Waals surface area contributed by atoms with Gasteiger partial charge in [-0.3, -0.25) is 9.59 Å². The van der Waals surface area contributed by atoms with E-state index in [2.05, 4.69) is 5.32 Å². The highest BCUT2D eigenvalue weighted by Gasteiger charge is 2.36. The first-order valence-corrected chi connectivity index (χ1v) is 7.65. The molecule has 1 fully saturated rings. The Morgan fingerprint density at radius 3 is 2.33 bits per heavy atom. The van der Waals surface area contributed by atoms with Gasteiger partial charge in [-0.1, -0.05) is 36.6 Å². The minimum Gasteiger partial charge on any atom is -0.481 e. The lowest BCUT2D eigenvalue weighted by molar-refractivity contribution is -0.149. The fourth-order valence-electron chi connectivity index (χ4n) is 2.90. The van der Waals surface area contributed by atoms with E-state index >= 15 is 0 Å². The molecule has 1 aliphatic carbocycles. The van der Waals surface area contributed by atoms with E-state index in [1.165, 1.54) is 0 Å². The molecule has 21 heavy (non-hydrogen) atoms. The second kappa shape index (κ2) is 6.94. The van der Waals surface area contributed by atoms with Crippen LogP contribution in [0.4, 0.5) is 0 Å². The normalized spacial score (nSPS) is 23.3. The first-order valence-electron chi connectivity index (χ1n) is 7.27. The van der Waals surface area contributed by atoms with Crippen LogP contribution in [0.1, 0.15) is 44.2 Å². The van der Waals surface area contributed by atoms with Gasteiger partial charge in [-0.15, -0.1) is 0 Å². The molecule has 0 spiro atoms. The van der Waals surface area contributed by atoms with E-state index in [-0.39, 0.29) is 11.9 Å². The number of benzene rings is 1. The summed E-state index contributed by atoms with van der Waals surface area (Å²) >= 11 is 5.85. The minimum atomic E-state index is -0.867. The Morgan fingerprint density at radius 2 is 1.76 bits per heavy atom. The number of aliphatic carboxylic acids is 1. The lowest BCUT2D eigenvalue weighted by Crippen LogP contribution is -2.40. The average Bonchev–Trinajstić information content (AvgIpc) is 2.47. The van der Waals surface area contributed by atoms with Crippen LogP contribution in [0.5, 0.6) is 0 Å². The van der Waals surface area contributed by atoms with Crippen LogP contribution in [-0.4, -0.2) is 17.0 Å². The number of carboxylic acid groups (broad SMARTS) is 1. The molecule has 2 N–H and O–H groups in total. The number of carboxylic acids is 1. The van der Waals surface area contributed by atoms with Gasteiger partial charge in [-0.25, -0.2) is 0 Å². The smallest absolute Gasteiger partial charge is 0.307 e. The zero-order valence-electron chi connectivity index (χ0n) is 12.0. The Kier molecular flexibility index (Phi) is 5.23. The van der Waals surface area contributed by atoms with Crippen molar-refractivity contribution in [1.29, 1.82) is 0 Å². The zero-order chi connectivity index (χ0) is 15.4. The summed E-state index contributed by atoms with van der Waals surface area (Å²) in [5, 5.41) is 12.8. The van der Waals surface area contributed by atoms with E-state index in [1.807, 2.05) is 19.1 Å². The number of hydrogen-bond donors (Lipinski definition) is 2. The molecule has 5 heteroatoms. The number of carbonyl (C=O) groups excluding carboxylic acids is 1. The van der Waals surface area contributed by atoms with Crippen molar-refractivity contribution in [3.05, 3.63) is 34.9 Å². The van der Waals surface area contributed by atoms with E-state index in [4.69, 9.17) is 11.6 Å². The van der Waals surface area contributed by atoms with Gasteiger partial charge in [0.2, 0.25) is 5.91 Å². The molecule has 0 saturated heterocycles. The van der Waals surface area contributed by atoms with Crippen molar-refractivity contribution in [1.82, 2.24) is 5.32 Å². The van der Waals surface area contributed by atoms with Crippen LogP contribution in [0.2, 0.25) is 5.02 Å². The van der Waals surface area contributed by atoms with Crippen LogP contribution in [0.3, 0.4) is 0 Å². The van der Waals surface area contributed by atoms with Crippen molar-refractivity contribution in [3.63, 3.8) is 0 Å². The standard InChI is InChI=1S/C16H20ClNO3/c1-10(11-6-8-12(17)9-7-11)18-15(19)13-4-2-3-5-14(13)16(20)21/h6-10,13-14H,2-5H2,1H3,(H,18,19)(H,20,21)/t10-,13+,14-/m0/s1. The van der Waals surface area contributed by atoms with Gasteiger partial charge in [0, 0.05) is 5.02 Å². The van der Waals surface area contributed by atoms with Gasteiger partial charge in [0.15, 0.2) is 0 Å². The van der Waals surface area contributed by atoms with Crippen LogP contribution in [0.25, 0.3) is 0 Å². The highest BCUT2D eigenvalue weighted by Crippen LogP contribution is 2.31. The summed E-state index contributed by atoms with van der Waals surface area (Å²) in [6.07, 6.45) is 3.03. The van der Waals surface area contributed by atoms with Crippen LogP contribution in [0.15, 0.2) is 24.3 Å². The maximum Gasteiger partial charge on any atom is 0.307 e. The molecule has 1 aromatic rings. The maximum atomic E-state index is 12.4. The molecule has 114 valence electrons. The van der Waals surface area contributed by atoms with Crippen molar-refractivity contribution in [2.75, 3.05) is 0 Å². The van der Waals surface area contributed by atoms with E-state index < -0.39 is 17.8 Å². The third kappa shape index (κ3) is 3.97. The Hall–Kier alpha value is -1.55. The van der Waals surface area contributed by atoms with Gasteiger partial charge in [-0.05, 0) is 37.5 Å². The summed E-state index contributed by atoms with van der Waals surface area (Å²) in [7, 11) is 0. The molecule has 0 heterocycles. The number of carbonyl (C=O) groups is 2. The van der Waals surface area contributed by atoms with Gasteiger partial charge in [-0.2, -0.15) is 0 Å². The third-order valence-electron chi connectivity index (χ3n) is 4.15. The lowest BCUT2D eigenvalue weighted by Gasteiger charge is -2.28. The predicted molar refractivity (Wildman–Crippen MR) is 81.1 cm³/mol. The second-order valence-corrected chi connectivity index (χ2v) is 6.05. The molecule has 0 aliphatic heterocycles. The fraction of sp³-hybridized carbons (Fsp3) is 0.500. The maximum absolute atomic E-state index is 12.4. The SMILES string of the molecule is C[C@H](NC(=O)[C@@H]1CCCC[C@@H]1C(=O)O)c1ccc(Cl)cc1. The molecule has 1 saturated carbocycles. The van der Waals surface area contributed by atoms with E-state index in [0.717, 1.165) is 18.4 Å². The molecule has 1 aromatic carbocycles. The molecule has 0 bridgehead atoms. The fourth-order valence-corrected chi connectivity index (χ4v) is 3.02. The topological polar surface area (TPSA) is 66.4 Å². The number of amides is 1. The van der Waals surface area contributed by atoms with Gasteiger partial charge in [0.05, 0.1) is 17.9 Å². The number of halogens is 1. The van der Waals surface area contributed by atoms with Crippen LogP contribution in [-0.2, 0) is 9.59 Å². The first-order chi connectivity index (χ1) is 9.99. The van der Waals surface area contributed by atoms with Gasteiger partial charge < -0.3 is 10.4 Å². The predicted octanol–water partition coefficient (Wildman–Crippen LogP) is 3.41. The Morgan fingerprint density at radius 1 is 1.19 bits per heavy atom. The van der Waals surface area contributed by atoms with E-state index in [0.29, 0.717) is 17.9 Å². The molecule has 1 amide bonds. The van der Waals surface area contributed by atoms with Crippen molar-refractivity contribution in [3.8, 4) is 0 Å². The Bertz CT molecular complexity index is 515. The Balaban J connectivity index is 2.02. The van der Waals surface area contributed by atoms with Crippen molar-refractivity contribution >= 4 is 23.5 Å². The summed E-state index contributed by atoms with van der Waals surface area (Å²) in [4.78, 5) is 23.6. The largest absolute Gasteiger partial charge is 0.481 e. The molecule has 0 unspecified atom stereocenters. The molecule has 1 aliphatic rings. The van der Waals surface area contributed by atoms with Gasteiger partial charge in [0.25, 0.3) is 0 Å². The summed E-state index contributed by atoms with van der Waals surface area (Å²) in [5.41, 5.74) is 0.954. The van der Waals surface area contributed by atoms with Crippen molar-refractivity contribution < 1.29 is 14.7 Å². The van der Waals surface area contributed by atoms with Crippen LogP contribution < -0.4 is 5.32 Å². The van der Waals surface area contributed by atoms with Crippen LogP contribution >= 0.6 is 11.6 Å². The molecule has 4 nitrogen and oxygen atoms in total. The number of nitrogens with one attached hydrogen (secondary N) is 1. The molecule has 2 rings (SSSR count). The van der Waals surface area contributed by atoms with E-state index in [9.17, 15) is 14.7 Å². The molecule has 0 radical (unpaired) electrons. The van der Waals surface area contributed by atoms with Crippen LogP contribution in [0, 0.1) is 11.8 Å². The number of hydrogen-bond acceptors (Lipinski definition) is 2. The molecule has 3 atom stereocenters. The molecular formula is C16H20ClNO3. The summed E-state index contributed by atoms with van der Waals surface area (Å²) in [6, 6.07) is 7.12. The minimum absolute atomic E-state index is 0.161. The summed E-state index contributed by atoms with van der Waals surface area (Å²) in [5.74, 6) is -2.01. The van der Waals surface area contributed by atoms with Gasteiger partial charge in [0.1, 0.15) is 0 Å². The first kappa shape index (κ1) is 15.8. The highest BCUT2D eigenvalue weighted by molar-refractivity contribution is 6.30. The van der Waals surface area contributed by atoms with E-state index in [1.54, 1.807) is 12.1 Å². The Labute approximate surface area is 129 Å². The highest BCUT2D eigenvalue weighted by atomic mass is 35.5.